The van der Waals surface area contributed by atoms with Gasteiger partial charge in [-0.25, -0.2) is 9.97 Å². The highest BCUT2D eigenvalue weighted by Gasteiger charge is 2.07. The third kappa shape index (κ3) is 3.12. The fourth-order valence-corrected chi connectivity index (χ4v) is 2.24. The molecule has 2 aromatic rings. The average molecular weight is 282 g/mol. The van der Waals surface area contributed by atoms with Crippen molar-refractivity contribution < 1.29 is 0 Å². The fourth-order valence-electron chi connectivity index (χ4n) is 1.71. The Labute approximate surface area is 116 Å². The van der Waals surface area contributed by atoms with Crippen LogP contribution in [0.25, 0.3) is 11.4 Å². The van der Waals surface area contributed by atoms with Crippen molar-refractivity contribution in [2.45, 2.75) is 19.8 Å². The lowest BCUT2D eigenvalue weighted by Gasteiger charge is -2.06. The van der Waals surface area contributed by atoms with Crippen LogP contribution < -0.4 is 5.73 Å². The molecule has 1 heterocycles. The number of nitrogens with two attached hydrogens (primary N) is 1. The van der Waals surface area contributed by atoms with E-state index in [1.54, 1.807) is 24.3 Å². The normalized spacial score (nSPS) is 10.6. The van der Waals surface area contributed by atoms with E-state index in [0.29, 0.717) is 21.7 Å². The van der Waals surface area contributed by atoms with Gasteiger partial charge in [0.05, 0.1) is 0 Å². The molecule has 0 spiro atoms. The Morgan fingerprint density at radius 1 is 1.06 bits per heavy atom. The molecule has 0 amide bonds. The molecule has 2 rings (SSSR count). The summed E-state index contributed by atoms with van der Waals surface area (Å²) in [5, 5.41) is 1.11. The largest absolute Gasteiger partial charge is 0.384 e. The number of aromatic nitrogens is 2. The maximum Gasteiger partial charge on any atom is 0.161 e. The molecule has 0 aliphatic rings. The summed E-state index contributed by atoms with van der Waals surface area (Å²) >= 11 is 11.9. The first-order valence-corrected chi connectivity index (χ1v) is 6.44. The molecule has 3 nitrogen and oxygen atoms in total. The Bertz CT molecular complexity index is 550. The summed E-state index contributed by atoms with van der Waals surface area (Å²) in [7, 11) is 0. The SMILES string of the molecule is CCCc1cc(N)nc(-c2cc(Cl)cc(Cl)c2)n1. The monoisotopic (exact) mass is 281 g/mol. The Hall–Kier alpha value is -1.32. The van der Waals surface area contributed by atoms with Gasteiger partial charge in [-0.2, -0.15) is 0 Å². The Kier molecular flexibility index (Phi) is 4.04. The van der Waals surface area contributed by atoms with E-state index in [9.17, 15) is 0 Å². The lowest BCUT2D eigenvalue weighted by atomic mass is 10.2. The van der Waals surface area contributed by atoms with Crippen LogP contribution in [0.3, 0.4) is 0 Å². The molecule has 0 atom stereocenters. The summed E-state index contributed by atoms with van der Waals surface area (Å²) in [6.07, 6.45) is 1.88. The van der Waals surface area contributed by atoms with Gasteiger partial charge in [-0.05, 0) is 24.6 Å². The molecule has 2 N–H and O–H groups in total. The fraction of sp³-hybridized carbons (Fsp3) is 0.231. The zero-order chi connectivity index (χ0) is 13.1. The van der Waals surface area contributed by atoms with Crippen LogP contribution in [0.1, 0.15) is 19.0 Å². The van der Waals surface area contributed by atoms with Gasteiger partial charge in [0.15, 0.2) is 5.82 Å². The zero-order valence-electron chi connectivity index (χ0n) is 9.95. The van der Waals surface area contributed by atoms with Crippen LogP contribution in [0.4, 0.5) is 5.82 Å². The van der Waals surface area contributed by atoms with Crippen LogP contribution in [-0.2, 0) is 6.42 Å². The standard InChI is InChI=1S/C13H13Cl2N3/c1-2-3-11-7-12(16)18-13(17-11)8-4-9(14)6-10(15)5-8/h4-7H,2-3H2,1H3,(H2,16,17,18). The van der Waals surface area contributed by atoms with Crippen molar-refractivity contribution in [3.8, 4) is 11.4 Å². The van der Waals surface area contributed by atoms with Crippen molar-refractivity contribution >= 4 is 29.0 Å². The van der Waals surface area contributed by atoms with Crippen molar-refractivity contribution in [1.29, 1.82) is 0 Å². The van der Waals surface area contributed by atoms with E-state index in [1.807, 2.05) is 0 Å². The van der Waals surface area contributed by atoms with Gasteiger partial charge in [-0.1, -0.05) is 36.5 Å². The molecule has 94 valence electrons. The molecule has 0 saturated heterocycles. The number of benzene rings is 1. The number of rotatable bonds is 3. The van der Waals surface area contributed by atoms with E-state index in [4.69, 9.17) is 28.9 Å². The number of halogens is 2. The van der Waals surface area contributed by atoms with Gasteiger partial charge < -0.3 is 5.73 Å². The summed E-state index contributed by atoms with van der Waals surface area (Å²) in [5.41, 5.74) is 7.49. The first kappa shape index (κ1) is 13.1. The van der Waals surface area contributed by atoms with Gasteiger partial charge in [0.25, 0.3) is 0 Å². The Morgan fingerprint density at radius 3 is 2.33 bits per heavy atom. The first-order chi connectivity index (χ1) is 8.58. The highest BCUT2D eigenvalue weighted by molar-refractivity contribution is 6.35. The smallest absolute Gasteiger partial charge is 0.161 e. The van der Waals surface area contributed by atoms with Crippen LogP contribution >= 0.6 is 23.2 Å². The minimum Gasteiger partial charge on any atom is -0.384 e. The van der Waals surface area contributed by atoms with Crippen LogP contribution in [0.5, 0.6) is 0 Å². The number of hydrogen-bond acceptors (Lipinski definition) is 3. The van der Waals surface area contributed by atoms with Crippen LogP contribution in [0, 0.1) is 0 Å². The molecule has 0 fully saturated rings. The van der Waals surface area contributed by atoms with Crippen LogP contribution in [-0.4, -0.2) is 9.97 Å². The van der Waals surface area contributed by atoms with Gasteiger partial charge >= 0.3 is 0 Å². The molecule has 1 aromatic heterocycles. The summed E-state index contributed by atoms with van der Waals surface area (Å²) in [4.78, 5) is 8.69. The minimum atomic E-state index is 0.458. The number of nitrogen functional groups attached to an aromatic ring is 1. The lowest BCUT2D eigenvalue weighted by Crippen LogP contribution is -2.00. The van der Waals surface area contributed by atoms with Crippen molar-refractivity contribution in [3.05, 3.63) is 40.0 Å². The van der Waals surface area contributed by atoms with E-state index in [1.165, 1.54) is 0 Å². The number of nitrogens with zero attached hydrogens (tertiary/aromatic N) is 2. The van der Waals surface area contributed by atoms with Gasteiger partial charge in [0.1, 0.15) is 5.82 Å². The van der Waals surface area contributed by atoms with E-state index >= 15 is 0 Å². The quantitative estimate of drug-likeness (QED) is 0.926. The minimum absolute atomic E-state index is 0.458. The predicted molar refractivity (Wildman–Crippen MR) is 75.9 cm³/mol. The topological polar surface area (TPSA) is 51.8 Å². The van der Waals surface area contributed by atoms with Gasteiger partial charge in [0.2, 0.25) is 0 Å². The highest BCUT2D eigenvalue weighted by Crippen LogP contribution is 2.25. The second-order valence-corrected chi connectivity index (χ2v) is 4.89. The maximum atomic E-state index is 5.97. The Balaban J connectivity index is 2.49. The van der Waals surface area contributed by atoms with Crippen LogP contribution in [0.2, 0.25) is 10.0 Å². The van der Waals surface area contributed by atoms with E-state index in [0.717, 1.165) is 24.1 Å². The molecule has 18 heavy (non-hydrogen) atoms. The second-order valence-electron chi connectivity index (χ2n) is 4.02. The third-order valence-electron chi connectivity index (χ3n) is 2.43. The molecule has 0 aliphatic carbocycles. The molecule has 0 radical (unpaired) electrons. The molecular weight excluding hydrogens is 269 g/mol. The highest BCUT2D eigenvalue weighted by atomic mass is 35.5. The van der Waals surface area contributed by atoms with Gasteiger partial charge in [0, 0.05) is 27.4 Å². The summed E-state index contributed by atoms with van der Waals surface area (Å²) in [5.74, 6) is 1.02. The third-order valence-corrected chi connectivity index (χ3v) is 2.86. The summed E-state index contributed by atoms with van der Waals surface area (Å²) in [6, 6.07) is 7.01. The maximum absolute atomic E-state index is 5.97. The molecular formula is C13H13Cl2N3. The summed E-state index contributed by atoms with van der Waals surface area (Å²) in [6.45, 7) is 2.09. The molecule has 1 aromatic carbocycles. The molecule has 0 unspecified atom stereocenters. The van der Waals surface area contributed by atoms with E-state index in [2.05, 4.69) is 16.9 Å². The molecule has 0 aliphatic heterocycles. The van der Waals surface area contributed by atoms with Crippen molar-refractivity contribution in [2.24, 2.45) is 0 Å². The van der Waals surface area contributed by atoms with E-state index < -0.39 is 0 Å². The number of hydrogen-bond donors (Lipinski definition) is 1. The average Bonchev–Trinajstić information content (AvgIpc) is 2.27. The number of aryl methyl sites for hydroxylation is 1. The van der Waals surface area contributed by atoms with Gasteiger partial charge in [-0.15, -0.1) is 0 Å². The van der Waals surface area contributed by atoms with Crippen molar-refractivity contribution in [1.82, 2.24) is 9.97 Å². The van der Waals surface area contributed by atoms with Gasteiger partial charge in [-0.3, -0.25) is 0 Å². The predicted octanol–water partition coefficient (Wildman–Crippen LogP) is 3.99. The lowest BCUT2D eigenvalue weighted by molar-refractivity contribution is 0.877. The molecule has 0 saturated carbocycles. The second kappa shape index (κ2) is 5.55. The van der Waals surface area contributed by atoms with E-state index in [-0.39, 0.29) is 0 Å². The molecule has 0 bridgehead atoms. The van der Waals surface area contributed by atoms with Crippen molar-refractivity contribution in [2.75, 3.05) is 5.73 Å². The van der Waals surface area contributed by atoms with Crippen molar-refractivity contribution in [3.63, 3.8) is 0 Å². The molecule has 5 heteroatoms. The summed E-state index contributed by atoms with van der Waals surface area (Å²) < 4.78 is 0. The number of anilines is 1. The van der Waals surface area contributed by atoms with Crippen LogP contribution in [0.15, 0.2) is 24.3 Å². The zero-order valence-corrected chi connectivity index (χ0v) is 11.5. The Morgan fingerprint density at radius 2 is 1.72 bits per heavy atom. The first-order valence-electron chi connectivity index (χ1n) is 5.68.